The Labute approximate surface area is 94.1 Å². The van der Waals surface area contributed by atoms with Crippen molar-refractivity contribution in [1.29, 1.82) is 0 Å². The first kappa shape index (κ1) is 11.7. The molecule has 0 saturated heterocycles. The summed E-state index contributed by atoms with van der Waals surface area (Å²) in [4.78, 5) is 4.35. The van der Waals surface area contributed by atoms with Gasteiger partial charge in [-0.15, -0.1) is 11.6 Å². The Hall–Kier alpha value is -0.350. The molecule has 3 nitrogen and oxygen atoms in total. The van der Waals surface area contributed by atoms with Gasteiger partial charge in [0.15, 0.2) is 0 Å². The van der Waals surface area contributed by atoms with Crippen LogP contribution in [0.4, 0.5) is 5.13 Å². The van der Waals surface area contributed by atoms with Gasteiger partial charge >= 0.3 is 0 Å². The molecule has 1 aromatic heterocycles. The summed E-state index contributed by atoms with van der Waals surface area (Å²) in [6, 6.07) is 0. The predicted molar refractivity (Wildman–Crippen MR) is 62.3 cm³/mol. The lowest BCUT2D eigenvalue weighted by Gasteiger charge is -2.26. The van der Waals surface area contributed by atoms with Crippen LogP contribution in [0.1, 0.15) is 33.0 Å². The summed E-state index contributed by atoms with van der Waals surface area (Å²) in [6.07, 6.45) is 1.85. The van der Waals surface area contributed by atoms with Crippen LogP contribution in [0.15, 0.2) is 0 Å². The normalized spacial score (nSPS) is 15.1. The van der Waals surface area contributed by atoms with E-state index in [0.717, 1.165) is 23.8 Å². The monoisotopic (exact) mass is 233 g/mol. The first-order valence-corrected chi connectivity index (χ1v) is 6.11. The van der Waals surface area contributed by atoms with Gasteiger partial charge in [-0.1, -0.05) is 13.8 Å². The van der Waals surface area contributed by atoms with E-state index in [9.17, 15) is 0 Å². The lowest BCUT2D eigenvalue weighted by molar-refractivity contribution is 0.553. The minimum Gasteiger partial charge on any atom is -0.354 e. The van der Waals surface area contributed by atoms with Gasteiger partial charge in [0.05, 0.1) is 5.54 Å². The highest BCUT2D eigenvalue weighted by Crippen LogP contribution is 2.21. The number of rotatable bonds is 5. The smallest absolute Gasteiger partial charge is 0.203 e. The first-order chi connectivity index (χ1) is 6.63. The van der Waals surface area contributed by atoms with E-state index in [1.54, 1.807) is 0 Å². The number of hydrogen-bond acceptors (Lipinski definition) is 4. The maximum absolute atomic E-state index is 5.89. The van der Waals surface area contributed by atoms with Crippen LogP contribution in [0.3, 0.4) is 0 Å². The van der Waals surface area contributed by atoms with Crippen LogP contribution < -0.4 is 5.32 Å². The molecular weight excluding hydrogens is 218 g/mol. The van der Waals surface area contributed by atoms with Crippen molar-refractivity contribution < 1.29 is 0 Å². The third-order valence-electron chi connectivity index (χ3n) is 2.27. The SMILES string of the molecule is CCc1nsc(NC(C)(CC)CCl)n1. The molecule has 0 aromatic carbocycles. The van der Waals surface area contributed by atoms with E-state index >= 15 is 0 Å². The van der Waals surface area contributed by atoms with Crippen LogP contribution >= 0.6 is 23.1 Å². The molecule has 0 amide bonds. The summed E-state index contributed by atoms with van der Waals surface area (Å²) < 4.78 is 4.21. The summed E-state index contributed by atoms with van der Waals surface area (Å²) >= 11 is 7.29. The van der Waals surface area contributed by atoms with E-state index in [1.165, 1.54) is 11.5 Å². The van der Waals surface area contributed by atoms with Crippen molar-refractivity contribution in [2.75, 3.05) is 11.2 Å². The van der Waals surface area contributed by atoms with Gasteiger partial charge in [0, 0.05) is 23.8 Å². The number of nitrogens with zero attached hydrogens (tertiary/aromatic N) is 2. The number of hydrogen-bond donors (Lipinski definition) is 1. The van der Waals surface area contributed by atoms with Crippen molar-refractivity contribution in [3.63, 3.8) is 0 Å². The zero-order valence-corrected chi connectivity index (χ0v) is 10.4. The zero-order valence-electron chi connectivity index (χ0n) is 8.80. The number of anilines is 1. The minimum atomic E-state index is -0.0773. The summed E-state index contributed by atoms with van der Waals surface area (Å²) in [5.41, 5.74) is -0.0773. The van der Waals surface area contributed by atoms with Crippen molar-refractivity contribution in [3.8, 4) is 0 Å². The topological polar surface area (TPSA) is 37.8 Å². The average molecular weight is 234 g/mol. The Morgan fingerprint density at radius 2 is 2.21 bits per heavy atom. The highest BCUT2D eigenvalue weighted by molar-refractivity contribution is 7.09. The Balaban J connectivity index is 2.67. The number of halogens is 1. The summed E-state index contributed by atoms with van der Waals surface area (Å²) in [5.74, 6) is 1.47. The number of alkyl halides is 1. The van der Waals surface area contributed by atoms with Gasteiger partial charge in [-0.25, -0.2) is 4.98 Å². The van der Waals surface area contributed by atoms with Gasteiger partial charge in [0.1, 0.15) is 5.82 Å². The first-order valence-electron chi connectivity index (χ1n) is 4.80. The van der Waals surface area contributed by atoms with Crippen LogP contribution in [-0.4, -0.2) is 20.8 Å². The Bertz CT molecular complexity index is 283. The average Bonchev–Trinajstić information content (AvgIpc) is 2.65. The number of nitrogens with one attached hydrogen (secondary N) is 1. The second-order valence-corrected chi connectivity index (χ2v) is 4.56. The molecule has 1 unspecified atom stereocenters. The van der Waals surface area contributed by atoms with Crippen LogP contribution in [0.5, 0.6) is 0 Å². The summed E-state index contributed by atoms with van der Waals surface area (Å²) in [7, 11) is 0. The van der Waals surface area contributed by atoms with Gasteiger partial charge < -0.3 is 5.32 Å². The van der Waals surface area contributed by atoms with Crippen molar-refractivity contribution >= 4 is 28.3 Å². The zero-order chi connectivity index (χ0) is 10.6. The quantitative estimate of drug-likeness (QED) is 0.795. The molecular formula is C9H16ClN3S. The van der Waals surface area contributed by atoms with E-state index in [-0.39, 0.29) is 5.54 Å². The van der Waals surface area contributed by atoms with Gasteiger partial charge in [-0.2, -0.15) is 4.37 Å². The second kappa shape index (κ2) is 4.94. The van der Waals surface area contributed by atoms with Crippen LogP contribution in [0.2, 0.25) is 0 Å². The lowest BCUT2D eigenvalue weighted by Crippen LogP contribution is -2.35. The van der Waals surface area contributed by atoms with Gasteiger partial charge in [0.25, 0.3) is 0 Å². The molecule has 1 atom stereocenters. The molecule has 0 saturated carbocycles. The molecule has 1 rings (SSSR count). The molecule has 5 heteroatoms. The Morgan fingerprint density at radius 3 is 2.64 bits per heavy atom. The Kier molecular flexibility index (Phi) is 4.13. The molecule has 0 fully saturated rings. The van der Waals surface area contributed by atoms with Gasteiger partial charge in [-0.3, -0.25) is 0 Å². The number of aryl methyl sites for hydroxylation is 1. The Morgan fingerprint density at radius 1 is 1.50 bits per heavy atom. The molecule has 0 spiro atoms. The molecule has 0 aliphatic carbocycles. The third kappa shape index (κ3) is 2.82. The van der Waals surface area contributed by atoms with Crippen molar-refractivity contribution in [2.24, 2.45) is 0 Å². The molecule has 0 radical (unpaired) electrons. The van der Waals surface area contributed by atoms with Crippen molar-refractivity contribution in [1.82, 2.24) is 9.36 Å². The fourth-order valence-corrected chi connectivity index (χ4v) is 1.98. The van der Waals surface area contributed by atoms with E-state index in [4.69, 9.17) is 11.6 Å². The maximum atomic E-state index is 5.89. The fraction of sp³-hybridized carbons (Fsp3) is 0.778. The summed E-state index contributed by atoms with van der Waals surface area (Å²) in [5, 5.41) is 4.19. The molecule has 0 aliphatic rings. The van der Waals surface area contributed by atoms with E-state index in [1.807, 2.05) is 6.92 Å². The van der Waals surface area contributed by atoms with Gasteiger partial charge in [0.2, 0.25) is 5.13 Å². The highest BCUT2D eigenvalue weighted by Gasteiger charge is 2.21. The van der Waals surface area contributed by atoms with E-state index < -0.39 is 0 Å². The standard InChI is InChI=1S/C9H16ClN3S/c1-4-7-11-8(14-13-7)12-9(3,5-2)6-10/h4-6H2,1-3H3,(H,11,12,13). The van der Waals surface area contributed by atoms with Crippen LogP contribution in [0.25, 0.3) is 0 Å². The summed E-state index contributed by atoms with van der Waals surface area (Å²) in [6.45, 7) is 6.25. The maximum Gasteiger partial charge on any atom is 0.203 e. The van der Waals surface area contributed by atoms with Crippen LogP contribution in [0, 0.1) is 0 Å². The molecule has 1 N–H and O–H groups in total. The minimum absolute atomic E-state index is 0.0773. The van der Waals surface area contributed by atoms with Crippen LogP contribution in [-0.2, 0) is 6.42 Å². The van der Waals surface area contributed by atoms with Gasteiger partial charge in [-0.05, 0) is 13.3 Å². The molecule has 0 aliphatic heterocycles. The largest absolute Gasteiger partial charge is 0.354 e. The molecule has 80 valence electrons. The van der Waals surface area contributed by atoms with E-state index in [2.05, 4.69) is 28.5 Å². The predicted octanol–water partition coefficient (Wildman–Crippen LogP) is 2.92. The molecule has 1 aromatic rings. The number of aromatic nitrogens is 2. The molecule has 0 bridgehead atoms. The van der Waals surface area contributed by atoms with Crippen molar-refractivity contribution in [2.45, 2.75) is 39.2 Å². The molecule has 1 heterocycles. The molecule has 14 heavy (non-hydrogen) atoms. The lowest BCUT2D eigenvalue weighted by atomic mass is 10.0. The van der Waals surface area contributed by atoms with Crippen molar-refractivity contribution in [3.05, 3.63) is 5.82 Å². The fourth-order valence-electron chi connectivity index (χ4n) is 0.923. The highest BCUT2D eigenvalue weighted by atomic mass is 35.5. The van der Waals surface area contributed by atoms with E-state index in [0.29, 0.717) is 5.88 Å². The third-order valence-corrected chi connectivity index (χ3v) is 3.53. The second-order valence-electron chi connectivity index (χ2n) is 3.54.